The molecule has 10 heteroatoms. The van der Waals surface area contributed by atoms with Crippen molar-refractivity contribution in [2.75, 3.05) is 26.2 Å². The van der Waals surface area contributed by atoms with Gasteiger partial charge in [-0.05, 0) is 56.1 Å². The van der Waals surface area contributed by atoms with E-state index in [0.29, 0.717) is 38.5 Å². The van der Waals surface area contributed by atoms with Crippen LogP contribution < -0.4 is 5.32 Å². The summed E-state index contributed by atoms with van der Waals surface area (Å²) in [5, 5.41) is 12.9. The van der Waals surface area contributed by atoms with Crippen LogP contribution in [-0.2, 0) is 27.5 Å². The third-order valence-electron chi connectivity index (χ3n) is 10.6. The molecule has 2 aliphatic heterocycles. The van der Waals surface area contributed by atoms with Gasteiger partial charge in [0.25, 0.3) is 0 Å². The van der Waals surface area contributed by atoms with E-state index in [9.17, 15) is 24.0 Å². The van der Waals surface area contributed by atoms with E-state index >= 15 is 0 Å². The van der Waals surface area contributed by atoms with Gasteiger partial charge in [0.05, 0.1) is 12.6 Å². The predicted octanol–water partition coefficient (Wildman–Crippen LogP) is 4.57. The Morgan fingerprint density at radius 2 is 1.60 bits per heavy atom. The summed E-state index contributed by atoms with van der Waals surface area (Å²) in [5.74, 6) is -0.353. The fraction of sp³-hybridized carbons (Fsp3) is 0.543. The number of benzene rings is 2. The molecule has 2 heterocycles. The summed E-state index contributed by atoms with van der Waals surface area (Å²) < 4.78 is 19.9. The molecule has 0 aromatic heterocycles. The molecule has 45 heavy (non-hydrogen) atoms. The maximum atomic E-state index is 14.2. The lowest BCUT2D eigenvalue weighted by Gasteiger charge is -2.56. The van der Waals surface area contributed by atoms with Gasteiger partial charge >= 0.3 is 6.09 Å². The van der Waals surface area contributed by atoms with E-state index < -0.39 is 35.2 Å². The minimum atomic E-state index is -1.26. The van der Waals surface area contributed by atoms with Crippen LogP contribution in [0.25, 0.3) is 0 Å². The average Bonchev–Trinajstić information content (AvgIpc) is 3.69. The molecule has 2 bridgehead atoms. The smallest absolute Gasteiger partial charge is 0.411 e. The van der Waals surface area contributed by atoms with Crippen LogP contribution in [-0.4, -0.2) is 82.6 Å². The maximum absolute atomic E-state index is 14.2. The van der Waals surface area contributed by atoms with Crippen molar-refractivity contribution < 1.29 is 23.5 Å². The van der Waals surface area contributed by atoms with Crippen molar-refractivity contribution in [2.45, 2.75) is 88.3 Å². The second-order valence-electron chi connectivity index (χ2n) is 13.3. The van der Waals surface area contributed by atoms with Crippen molar-refractivity contribution in [3.8, 4) is 6.07 Å². The van der Waals surface area contributed by atoms with Gasteiger partial charge in [-0.2, -0.15) is 5.26 Å². The number of ether oxygens (including phenoxy) is 1. The van der Waals surface area contributed by atoms with E-state index in [2.05, 4.69) is 22.3 Å². The Morgan fingerprint density at radius 1 is 0.956 bits per heavy atom. The number of fused-ring (bicyclic) bond motifs is 3. The number of hydrogen-bond acceptors (Lipinski definition) is 6. The van der Waals surface area contributed by atoms with Gasteiger partial charge in [-0.3, -0.25) is 19.4 Å². The number of nitrogens with zero attached hydrogens (tertiary/aromatic N) is 4. The van der Waals surface area contributed by atoms with E-state index in [-0.39, 0.29) is 38.1 Å². The molecule has 238 valence electrons. The highest BCUT2D eigenvalue weighted by Crippen LogP contribution is 2.55. The number of nitriles is 1. The van der Waals surface area contributed by atoms with Crippen LogP contribution in [0.4, 0.5) is 9.18 Å². The standard InChI is InChI=1S/C35H42FN5O4/c36-28-19-30(20-37)40(22-28)31(42)24-41(33(44)45-25-27-9-5-2-6-10-27)35-15-12-34(13-16-35,14-17-35)32(43)38-29-11-18-39(23-29)21-26-7-3-1-4-8-26/h1-10,28-30H,11-19,21-25H2,(H,38,43)/t28-,29-,30-,34?,35?/m0/s1. The molecule has 0 radical (unpaired) electrons. The highest BCUT2D eigenvalue weighted by Gasteiger charge is 2.56. The normalized spacial score (nSPS) is 29.2. The van der Waals surface area contributed by atoms with Crippen LogP contribution in [0, 0.1) is 16.7 Å². The van der Waals surface area contributed by atoms with Gasteiger partial charge in [-0.1, -0.05) is 60.7 Å². The second-order valence-corrected chi connectivity index (χ2v) is 13.3. The average molecular weight is 616 g/mol. The Balaban J connectivity index is 1.11. The summed E-state index contributed by atoms with van der Waals surface area (Å²) in [6, 6.07) is 21.0. The Kier molecular flexibility index (Phi) is 9.09. The molecule has 9 nitrogen and oxygen atoms in total. The van der Waals surface area contributed by atoms with E-state index in [1.165, 1.54) is 15.4 Å². The first-order valence-electron chi connectivity index (χ1n) is 16.2. The number of carbonyl (C=O) groups is 3. The largest absolute Gasteiger partial charge is 0.445 e. The Hall–Kier alpha value is -3.97. The highest BCUT2D eigenvalue weighted by atomic mass is 19.1. The Morgan fingerprint density at radius 3 is 2.24 bits per heavy atom. The van der Waals surface area contributed by atoms with Crippen molar-refractivity contribution >= 4 is 17.9 Å². The number of halogens is 1. The van der Waals surface area contributed by atoms with Crippen molar-refractivity contribution in [3.05, 3.63) is 71.8 Å². The summed E-state index contributed by atoms with van der Waals surface area (Å²) >= 11 is 0. The minimum Gasteiger partial charge on any atom is -0.445 e. The molecular weight excluding hydrogens is 573 g/mol. The van der Waals surface area contributed by atoms with Gasteiger partial charge in [0.2, 0.25) is 11.8 Å². The molecule has 2 saturated heterocycles. The molecule has 3 atom stereocenters. The first-order chi connectivity index (χ1) is 21.8. The minimum absolute atomic E-state index is 0.0194. The lowest BCUT2D eigenvalue weighted by molar-refractivity contribution is -0.145. The lowest BCUT2D eigenvalue weighted by Crippen LogP contribution is -2.63. The van der Waals surface area contributed by atoms with E-state index in [1.54, 1.807) is 0 Å². The Bertz CT molecular complexity index is 1390. The van der Waals surface area contributed by atoms with Crippen LogP contribution in [0.5, 0.6) is 0 Å². The number of nitrogens with one attached hydrogen (secondary N) is 1. The molecule has 5 fully saturated rings. The van der Waals surface area contributed by atoms with Crippen LogP contribution in [0.15, 0.2) is 60.7 Å². The maximum Gasteiger partial charge on any atom is 0.411 e. The summed E-state index contributed by atoms with van der Waals surface area (Å²) in [5.41, 5.74) is 0.973. The van der Waals surface area contributed by atoms with E-state index in [1.807, 2.05) is 54.6 Å². The van der Waals surface area contributed by atoms with Gasteiger partial charge in [0.15, 0.2) is 0 Å². The topological polar surface area (TPSA) is 106 Å². The van der Waals surface area contributed by atoms with Crippen LogP contribution in [0.3, 0.4) is 0 Å². The number of likely N-dealkylation sites (tertiary alicyclic amines) is 2. The molecule has 3 aliphatic carbocycles. The van der Waals surface area contributed by atoms with E-state index in [0.717, 1.165) is 31.6 Å². The molecule has 0 unspecified atom stereocenters. The summed E-state index contributed by atoms with van der Waals surface area (Å²) in [6.45, 7) is 2.27. The predicted molar refractivity (Wildman–Crippen MR) is 165 cm³/mol. The van der Waals surface area contributed by atoms with Gasteiger partial charge in [-0.15, -0.1) is 0 Å². The zero-order chi connectivity index (χ0) is 31.4. The summed E-state index contributed by atoms with van der Waals surface area (Å²) in [4.78, 5) is 46.1. The number of amides is 3. The number of carbonyl (C=O) groups excluding carboxylic acids is 3. The van der Waals surface area contributed by atoms with Gasteiger partial charge < -0.3 is 15.0 Å². The fourth-order valence-electron chi connectivity index (χ4n) is 7.82. The Labute approximate surface area is 264 Å². The van der Waals surface area contributed by atoms with Gasteiger partial charge in [-0.25, -0.2) is 9.18 Å². The van der Waals surface area contributed by atoms with Gasteiger partial charge in [0, 0.05) is 43.1 Å². The third kappa shape index (κ3) is 6.69. The monoisotopic (exact) mass is 615 g/mol. The van der Waals surface area contributed by atoms with Crippen molar-refractivity contribution in [3.63, 3.8) is 0 Å². The van der Waals surface area contributed by atoms with Crippen LogP contribution in [0.2, 0.25) is 0 Å². The van der Waals surface area contributed by atoms with Crippen molar-refractivity contribution in [1.29, 1.82) is 5.26 Å². The molecule has 5 aliphatic rings. The summed E-state index contributed by atoms with van der Waals surface area (Å²) in [6.07, 6.45) is 2.62. The lowest BCUT2D eigenvalue weighted by atomic mass is 9.56. The van der Waals surface area contributed by atoms with Crippen LogP contribution >= 0.6 is 0 Å². The SMILES string of the molecule is N#C[C@@H]1C[C@H](F)CN1C(=O)CN(C(=O)OCc1ccccc1)C12CCC(C(=O)N[C@H]3CCN(Cc4ccccc4)C3)(CC1)CC2. The number of alkyl halides is 1. The molecule has 3 amide bonds. The van der Waals surface area contributed by atoms with Crippen molar-refractivity contribution in [1.82, 2.24) is 20.0 Å². The van der Waals surface area contributed by atoms with Crippen LogP contribution in [0.1, 0.15) is 62.5 Å². The molecule has 2 aromatic carbocycles. The molecular formula is C35H42FN5O4. The molecule has 7 rings (SSSR count). The third-order valence-corrected chi connectivity index (χ3v) is 10.6. The van der Waals surface area contributed by atoms with Crippen molar-refractivity contribution in [2.24, 2.45) is 5.41 Å². The second kappa shape index (κ2) is 13.2. The molecule has 0 spiro atoms. The fourth-order valence-corrected chi connectivity index (χ4v) is 7.82. The molecule has 3 saturated carbocycles. The zero-order valence-electron chi connectivity index (χ0n) is 25.7. The quantitative estimate of drug-likeness (QED) is 0.443. The molecule has 1 N–H and O–H groups in total. The first-order valence-corrected chi connectivity index (χ1v) is 16.2. The highest BCUT2D eigenvalue weighted by molar-refractivity contribution is 5.85. The van der Waals surface area contributed by atoms with E-state index in [4.69, 9.17) is 4.74 Å². The number of rotatable bonds is 9. The van der Waals surface area contributed by atoms with Gasteiger partial charge in [0.1, 0.15) is 25.4 Å². The molecule has 2 aromatic rings. The number of hydrogen-bond donors (Lipinski definition) is 1. The summed E-state index contributed by atoms with van der Waals surface area (Å²) in [7, 11) is 0. The zero-order valence-corrected chi connectivity index (χ0v) is 25.7. The first kappa shape index (κ1) is 31.0.